The average molecular weight is 292 g/mol. The van der Waals surface area contributed by atoms with Crippen molar-refractivity contribution in [3.63, 3.8) is 0 Å². The Bertz CT molecular complexity index is 567. The predicted octanol–water partition coefficient (Wildman–Crippen LogP) is 3.65. The Balaban J connectivity index is 2.05. The van der Waals surface area contributed by atoms with E-state index in [9.17, 15) is 5.11 Å². The van der Waals surface area contributed by atoms with Crippen LogP contribution in [0.3, 0.4) is 0 Å². The Morgan fingerprint density at radius 1 is 1.05 bits per heavy atom. The van der Waals surface area contributed by atoms with E-state index in [0.717, 1.165) is 23.4 Å². The van der Waals surface area contributed by atoms with Gasteiger partial charge in [-0.15, -0.1) is 0 Å². The van der Waals surface area contributed by atoms with Gasteiger partial charge in [0.2, 0.25) is 0 Å². The van der Waals surface area contributed by atoms with Gasteiger partial charge in [-0.3, -0.25) is 0 Å². The molecule has 2 aromatic carbocycles. The van der Waals surface area contributed by atoms with Gasteiger partial charge in [-0.05, 0) is 49.5 Å². The number of ether oxygens (including phenoxy) is 1. The lowest BCUT2D eigenvalue weighted by molar-refractivity contribution is 0.261. The van der Waals surface area contributed by atoms with Crippen molar-refractivity contribution in [2.45, 2.75) is 0 Å². The molecule has 0 aliphatic rings. The van der Waals surface area contributed by atoms with Crippen LogP contribution in [-0.4, -0.2) is 37.3 Å². The van der Waals surface area contributed by atoms with Gasteiger partial charge >= 0.3 is 0 Å². The summed E-state index contributed by atoms with van der Waals surface area (Å²) in [7, 11) is 4.03. The minimum atomic E-state index is 0.0963. The molecule has 1 N–H and O–H groups in total. The van der Waals surface area contributed by atoms with E-state index in [-0.39, 0.29) is 5.75 Å². The summed E-state index contributed by atoms with van der Waals surface area (Å²) in [4.78, 5) is 2.08. The summed E-state index contributed by atoms with van der Waals surface area (Å²) in [5.41, 5.74) is 2.00. The molecule has 20 heavy (non-hydrogen) atoms. The van der Waals surface area contributed by atoms with Crippen LogP contribution in [0.25, 0.3) is 11.1 Å². The average Bonchev–Trinajstić information content (AvgIpc) is 2.42. The standard InChI is InChI=1S/C16H18ClNO2/c1-18(2)9-10-20-14-6-3-12(4-7-14)13-5-8-16(19)15(17)11-13/h3-8,11,19H,9-10H2,1-2H3. The van der Waals surface area contributed by atoms with E-state index in [0.29, 0.717) is 11.6 Å². The van der Waals surface area contributed by atoms with Crippen LogP contribution >= 0.6 is 11.6 Å². The van der Waals surface area contributed by atoms with E-state index < -0.39 is 0 Å². The highest BCUT2D eigenvalue weighted by Gasteiger charge is 2.03. The van der Waals surface area contributed by atoms with E-state index >= 15 is 0 Å². The zero-order valence-electron chi connectivity index (χ0n) is 11.6. The normalized spacial score (nSPS) is 10.8. The highest BCUT2D eigenvalue weighted by molar-refractivity contribution is 6.32. The first-order valence-corrected chi connectivity index (χ1v) is 6.80. The van der Waals surface area contributed by atoms with Gasteiger partial charge in [-0.25, -0.2) is 0 Å². The number of rotatable bonds is 5. The Morgan fingerprint density at radius 2 is 1.70 bits per heavy atom. The van der Waals surface area contributed by atoms with Crippen LogP contribution in [0.15, 0.2) is 42.5 Å². The molecule has 106 valence electrons. The fraction of sp³-hybridized carbons (Fsp3) is 0.250. The van der Waals surface area contributed by atoms with Crippen LogP contribution in [0.2, 0.25) is 5.02 Å². The molecule has 0 atom stereocenters. The van der Waals surface area contributed by atoms with Crippen LogP contribution in [0.5, 0.6) is 11.5 Å². The summed E-state index contributed by atoms with van der Waals surface area (Å²) in [5.74, 6) is 0.944. The molecule has 0 spiro atoms. The number of benzene rings is 2. The number of aromatic hydroxyl groups is 1. The molecule has 3 nitrogen and oxygen atoms in total. The maximum absolute atomic E-state index is 9.42. The van der Waals surface area contributed by atoms with Gasteiger partial charge in [0.15, 0.2) is 0 Å². The lowest BCUT2D eigenvalue weighted by Gasteiger charge is -2.11. The van der Waals surface area contributed by atoms with Crippen molar-refractivity contribution in [2.75, 3.05) is 27.2 Å². The molecular formula is C16H18ClNO2. The molecular weight excluding hydrogens is 274 g/mol. The van der Waals surface area contributed by atoms with Crippen LogP contribution in [0, 0.1) is 0 Å². The van der Waals surface area contributed by atoms with Gasteiger partial charge in [-0.2, -0.15) is 0 Å². The van der Waals surface area contributed by atoms with Crippen LogP contribution in [-0.2, 0) is 0 Å². The zero-order valence-corrected chi connectivity index (χ0v) is 12.4. The highest BCUT2D eigenvalue weighted by Crippen LogP contribution is 2.30. The number of hydrogen-bond donors (Lipinski definition) is 1. The summed E-state index contributed by atoms with van der Waals surface area (Å²) in [6.07, 6.45) is 0. The SMILES string of the molecule is CN(C)CCOc1ccc(-c2ccc(O)c(Cl)c2)cc1. The monoisotopic (exact) mass is 291 g/mol. The molecule has 0 aliphatic carbocycles. The van der Waals surface area contributed by atoms with Crippen LogP contribution in [0.4, 0.5) is 0 Å². The molecule has 0 fully saturated rings. The van der Waals surface area contributed by atoms with Gasteiger partial charge in [0.05, 0.1) is 5.02 Å². The molecule has 0 radical (unpaired) electrons. The fourth-order valence-electron chi connectivity index (χ4n) is 1.78. The van der Waals surface area contributed by atoms with E-state index in [4.69, 9.17) is 16.3 Å². The first-order chi connectivity index (χ1) is 9.56. The smallest absolute Gasteiger partial charge is 0.134 e. The van der Waals surface area contributed by atoms with Gasteiger partial charge in [-0.1, -0.05) is 29.8 Å². The first-order valence-electron chi connectivity index (χ1n) is 6.43. The van der Waals surface area contributed by atoms with Crippen molar-refractivity contribution in [1.82, 2.24) is 4.90 Å². The third kappa shape index (κ3) is 3.89. The Kier molecular flexibility index (Phi) is 4.88. The van der Waals surface area contributed by atoms with Gasteiger partial charge < -0.3 is 14.7 Å². The first kappa shape index (κ1) is 14.7. The summed E-state index contributed by atoms with van der Waals surface area (Å²) in [6.45, 7) is 1.55. The second-order valence-corrected chi connectivity index (χ2v) is 5.25. The topological polar surface area (TPSA) is 32.7 Å². The maximum atomic E-state index is 9.42. The third-order valence-corrected chi connectivity index (χ3v) is 3.25. The van der Waals surface area contributed by atoms with Gasteiger partial charge in [0, 0.05) is 6.54 Å². The number of nitrogens with zero attached hydrogens (tertiary/aromatic N) is 1. The number of halogens is 1. The second-order valence-electron chi connectivity index (χ2n) is 4.84. The van der Waals surface area contributed by atoms with Crippen LogP contribution in [0.1, 0.15) is 0 Å². The van der Waals surface area contributed by atoms with E-state index in [1.807, 2.05) is 44.4 Å². The minimum absolute atomic E-state index is 0.0963. The molecule has 0 aliphatic heterocycles. The Labute approximate surface area is 124 Å². The highest BCUT2D eigenvalue weighted by atomic mass is 35.5. The quantitative estimate of drug-likeness (QED) is 0.913. The van der Waals surface area contributed by atoms with Crippen molar-refractivity contribution in [1.29, 1.82) is 0 Å². The number of hydrogen-bond acceptors (Lipinski definition) is 3. The molecule has 0 unspecified atom stereocenters. The predicted molar refractivity (Wildman–Crippen MR) is 82.6 cm³/mol. The lowest BCUT2D eigenvalue weighted by Crippen LogP contribution is -2.19. The molecule has 0 saturated heterocycles. The molecule has 2 rings (SSSR count). The molecule has 0 amide bonds. The Hall–Kier alpha value is -1.71. The second kappa shape index (κ2) is 6.64. The number of phenols is 1. The lowest BCUT2D eigenvalue weighted by atomic mass is 10.1. The molecule has 2 aromatic rings. The van der Waals surface area contributed by atoms with Gasteiger partial charge in [0.25, 0.3) is 0 Å². The molecule has 0 saturated carbocycles. The summed E-state index contributed by atoms with van der Waals surface area (Å²) >= 11 is 5.91. The number of likely N-dealkylation sites (N-methyl/N-ethyl adjacent to an activating group) is 1. The van der Waals surface area contributed by atoms with E-state index in [1.165, 1.54) is 0 Å². The van der Waals surface area contributed by atoms with Crippen LogP contribution < -0.4 is 4.74 Å². The van der Waals surface area contributed by atoms with Crippen molar-refractivity contribution in [3.05, 3.63) is 47.5 Å². The summed E-state index contributed by atoms with van der Waals surface area (Å²) in [5, 5.41) is 9.78. The third-order valence-electron chi connectivity index (χ3n) is 2.94. The molecule has 0 heterocycles. The molecule has 4 heteroatoms. The fourth-order valence-corrected chi connectivity index (χ4v) is 1.96. The Morgan fingerprint density at radius 3 is 2.30 bits per heavy atom. The van der Waals surface area contributed by atoms with Crippen molar-refractivity contribution in [2.24, 2.45) is 0 Å². The maximum Gasteiger partial charge on any atom is 0.134 e. The summed E-state index contributed by atoms with van der Waals surface area (Å²) in [6, 6.07) is 13.0. The zero-order chi connectivity index (χ0) is 14.5. The van der Waals surface area contributed by atoms with Gasteiger partial charge in [0.1, 0.15) is 18.1 Å². The van der Waals surface area contributed by atoms with Crippen molar-refractivity contribution in [3.8, 4) is 22.6 Å². The molecule has 0 bridgehead atoms. The van der Waals surface area contributed by atoms with E-state index in [2.05, 4.69) is 4.90 Å². The van der Waals surface area contributed by atoms with E-state index in [1.54, 1.807) is 12.1 Å². The minimum Gasteiger partial charge on any atom is -0.506 e. The largest absolute Gasteiger partial charge is 0.506 e. The number of phenolic OH excluding ortho intramolecular Hbond substituents is 1. The molecule has 0 aromatic heterocycles. The van der Waals surface area contributed by atoms with Crippen molar-refractivity contribution >= 4 is 11.6 Å². The summed E-state index contributed by atoms with van der Waals surface area (Å²) < 4.78 is 5.64. The van der Waals surface area contributed by atoms with Crippen molar-refractivity contribution < 1.29 is 9.84 Å².